The molecular formula is C17H19N5O2S2. The van der Waals surface area contributed by atoms with E-state index in [2.05, 4.69) is 46.5 Å². The van der Waals surface area contributed by atoms with Gasteiger partial charge in [-0.05, 0) is 19.1 Å². The van der Waals surface area contributed by atoms with Crippen molar-refractivity contribution in [1.82, 2.24) is 20.4 Å². The summed E-state index contributed by atoms with van der Waals surface area (Å²) < 4.78 is 5.59. The van der Waals surface area contributed by atoms with E-state index in [1.165, 1.54) is 23.1 Å². The summed E-state index contributed by atoms with van der Waals surface area (Å²) in [6.07, 6.45) is 0. The first-order valence-corrected chi connectivity index (χ1v) is 9.78. The molecule has 7 nitrogen and oxygen atoms in total. The molecule has 0 saturated heterocycles. The number of aromatic nitrogens is 4. The third kappa shape index (κ3) is 4.67. The van der Waals surface area contributed by atoms with Crippen LogP contribution in [0.15, 0.2) is 33.9 Å². The van der Waals surface area contributed by atoms with Gasteiger partial charge in [0.1, 0.15) is 5.01 Å². The second-order valence-corrected chi connectivity index (χ2v) is 8.64. The first-order chi connectivity index (χ1) is 12.3. The molecule has 9 heteroatoms. The van der Waals surface area contributed by atoms with Crippen molar-refractivity contribution in [2.45, 2.75) is 38.3 Å². The maximum atomic E-state index is 12.1. The molecule has 0 unspecified atom stereocenters. The Bertz CT molecular complexity index is 897. The monoisotopic (exact) mass is 389 g/mol. The Morgan fingerprint density at radius 1 is 1.15 bits per heavy atom. The molecule has 26 heavy (non-hydrogen) atoms. The number of carbonyl (C=O) groups is 1. The minimum Gasteiger partial charge on any atom is -0.411 e. The van der Waals surface area contributed by atoms with Crippen LogP contribution in [0.3, 0.4) is 0 Å². The maximum Gasteiger partial charge on any atom is 0.277 e. The lowest BCUT2D eigenvalue weighted by Gasteiger charge is -2.12. The molecule has 136 valence electrons. The molecule has 3 aromatic rings. The van der Waals surface area contributed by atoms with E-state index in [4.69, 9.17) is 4.42 Å². The molecule has 2 aromatic heterocycles. The van der Waals surface area contributed by atoms with Crippen molar-refractivity contribution in [1.29, 1.82) is 0 Å². The fraction of sp³-hybridized carbons (Fsp3) is 0.353. The molecule has 0 aliphatic carbocycles. The number of hydrogen-bond donors (Lipinski definition) is 1. The van der Waals surface area contributed by atoms with Gasteiger partial charge in [-0.1, -0.05) is 61.6 Å². The zero-order chi connectivity index (χ0) is 18.7. The Morgan fingerprint density at radius 3 is 2.54 bits per heavy atom. The van der Waals surface area contributed by atoms with Crippen molar-refractivity contribution in [2.75, 3.05) is 11.1 Å². The predicted octanol–water partition coefficient (Wildman–Crippen LogP) is 3.92. The third-order valence-electron chi connectivity index (χ3n) is 3.34. The number of hydrogen-bond acceptors (Lipinski definition) is 8. The number of rotatable bonds is 5. The number of benzene rings is 1. The van der Waals surface area contributed by atoms with Crippen LogP contribution in [0.5, 0.6) is 0 Å². The van der Waals surface area contributed by atoms with E-state index in [-0.39, 0.29) is 17.1 Å². The van der Waals surface area contributed by atoms with Crippen molar-refractivity contribution in [2.24, 2.45) is 0 Å². The lowest BCUT2D eigenvalue weighted by Crippen LogP contribution is -2.13. The second-order valence-electron chi connectivity index (χ2n) is 6.74. The number of thioether (sulfide) groups is 1. The van der Waals surface area contributed by atoms with E-state index in [9.17, 15) is 4.79 Å². The van der Waals surface area contributed by atoms with Gasteiger partial charge in [-0.15, -0.1) is 20.4 Å². The summed E-state index contributed by atoms with van der Waals surface area (Å²) in [6.45, 7) is 8.17. The van der Waals surface area contributed by atoms with Gasteiger partial charge in [0.25, 0.3) is 5.22 Å². The Kier molecular flexibility index (Phi) is 5.38. The minimum atomic E-state index is -0.193. The van der Waals surface area contributed by atoms with Crippen LogP contribution in [0.25, 0.3) is 11.5 Å². The van der Waals surface area contributed by atoms with Crippen LogP contribution in [0.2, 0.25) is 0 Å². The van der Waals surface area contributed by atoms with E-state index in [1.54, 1.807) is 0 Å². The zero-order valence-corrected chi connectivity index (χ0v) is 16.6. The average Bonchev–Trinajstić information content (AvgIpc) is 3.22. The number of aryl methyl sites for hydroxylation is 1. The normalized spacial score (nSPS) is 11.5. The van der Waals surface area contributed by atoms with Crippen LogP contribution in [-0.2, 0) is 10.2 Å². The molecule has 0 radical (unpaired) electrons. The number of carbonyl (C=O) groups excluding carboxylic acids is 1. The summed E-state index contributed by atoms with van der Waals surface area (Å²) in [5.41, 5.74) is 1.92. The summed E-state index contributed by atoms with van der Waals surface area (Å²) in [5.74, 6) is 0.397. The van der Waals surface area contributed by atoms with Gasteiger partial charge in [-0.25, -0.2) is 0 Å². The summed E-state index contributed by atoms with van der Waals surface area (Å²) in [7, 11) is 0. The molecule has 0 spiro atoms. The topological polar surface area (TPSA) is 93.8 Å². The standard InChI is InChI=1S/C17H19N5O2S2/c1-10-5-7-11(8-6-10)13-19-22-16(24-13)25-9-12(23)18-15-21-20-14(26-15)17(2,3)4/h5-8H,9H2,1-4H3,(H,18,21,23). The lowest BCUT2D eigenvalue weighted by molar-refractivity contribution is -0.113. The molecule has 1 amide bonds. The largest absolute Gasteiger partial charge is 0.411 e. The molecule has 0 saturated carbocycles. The van der Waals surface area contributed by atoms with E-state index >= 15 is 0 Å². The first kappa shape index (κ1) is 18.5. The molecule has 0 fully saturated rings. The predicted molar refractivity (Wildman–Crippen MR) is 102 cm³/mol. The fourth-order valence-electron chi connectivity index (χ4n) is 1.94. The molecular weight excluding hydrogens is 370 g/mol. The van der Waals surface area contributed by atoms with Crippen molar-refractivity contribution >= 4 is 34.1 Å². The van der Waals surface area contributed by atoms with Gasteiger partial charge in [0.2, 0.25) is 16.9 Å². The average molecular weight is 390 g/mol. The van der Waals surface area contributed by atoms with Gasteiger partial charge >= 0.3 is 0 Å². The van der Waals surface area contributed by atoms with Gasteiger partial charge in [-0.3, -0.25) is 10.1 Å². The highest BCUT2D eigenvalue weighted by molar-refractivity contribution is 7.99. The van der Waals surface area contributed by atoms with E-state index in [0.717, 1.165) is 16.1 Å². The summed E-state index contributed by atoms with van der Waals surface area (Å²) in [5, 5.41) is 20.6. The second kappa shape index (κ2) is 7.55. The van der Waals surface area contributed by atoms with Crippen molar-refractivity contribution in [3.8, 4) is 11.5 Å². The van der Waals surface area contributed by atoms with E-state index in [0.29, 0.717) is 16.2 Å². The summed E-state index contributed by atoms with van der Waals surface area (Å²) in [4.78, 5) is 12.1. The fourth-order valence-corrected chi connectivity index (χ4v) is 3.32. The van der Waals surface area contributed by atoms with Gasteiger partial charge in [0.05, 0.1) is 5.75 Å². The molecule has 3 rings (SSSR count). The van der Waals surface area contributed by atoms with Crippen LogP contribution < -0.4 is 5.32 Å². The van der Waals surface area contributed by atoms with E-state index in [1.807, 2.05) is 31.2 Å². The van der Waals surface area contributed by atoms with Crippen LogP contribution in [0.4, 0.5) is 5.13 Å². The smallest absolute Gasteiger partial charge is 0.277 e. The van der Waals surface area contributed by atoms with E-state index < -0.39 is 0 Å². The minimum absolute atomic E-state index is 0.0917. The Hall–Kier alpha value is -2.26. The lowest BCUT2D eigenvalue weighted by atomic mass is 9.98. The molecule has 0 bridgehead atoms. The quantitative estimate of drug-likeness (QED) is 0.661. The van der Waals surface area contributed by atoms with Gasteiger partial charge in [0.15, 0.2) is 0 Å². The highest BCUT2D eigenvalue weighted by Gasteiger charge is 2.20. The van der Waals surface area contributed by atoms with Crippen LogP contribution in [0, 0.1) is 6.92 Å². The SMILES string of the molecule is Cc1ccc(-c2nnc(SCC(=O)Nc3nnc(C(C)(C)C)s3)o2)cc1. The van der Waals surface area contributed by atoms with Gasteiger partial charge in [0, 0.05) is 11.0 Å². The number of nitrogens with one attached hydrogen (secondary N) is 1. The van der Waals surface area contributed by atoms with Crippen LogP contribution in [-0.4, -0.2) is 32.1 Å². The van der Waals surface area contributed by atoms with Crippen molar-refractivity contribution in [3.63, 3.8) is 0 Å². The molecule has 2 heterocycles. The first-order valence-electron chi connectivity index (χ1n) is 7.98. The molecule has 1 aromatic carbocycles. The highest BCUT2D eigenvalue weighted by atomic mass is 32.2. The molecule has 0 atom stereocenters. The van der Waals surface area contributed by atoms with Crippen LogP contribution >= 0.6 is 23.1 Å². The third-order valence-corrected chi connectivity index (χ3v) is 5.43. The zero-order valence-electron chi connectivity index (χ0n) is 14.9. The van der Waals surface area contributed by atoms with Gasteiger partial charge in [-0.2, -0.15) is 0 Å². The molecule has 1 N–H and O–H groups in total. The Balaban J connectivity index is 1.55. The molecule has 0 aliphatic heterocycles. The highest BCUT2D eigenvalue weighted by Crippen LogP contribution is 2.28. The Morgan fingerprint density at radius 2 is 1.88 bits per heavy atom. The number of nitrogens with zero attached hydrogens (tertiary/aromatic N) is 4. The van der Waals surface area contributed by atoms with Crippen molar-refractivity contribution < 1.29 is 9.21 Å². The summed E-state index contributed by atoms with van der Waals surface area (Å²) >= 11 is 2.56. The Labute approximate surface area is 159 Å². The van der Waals surface area contributed by atoms with Crippen molar-refractivity contribution in [3.05, 3.63) is 34.8 Å². The maximum absolute atomic E-state index is 12.1. The summed E-state index contributed by atoms with van der Waals surface area (Å²) in [6, 6.07) is 7.81. The number of anilines is 1. The molecule has 0 aliphatic rings. The van der Waals surface area contributed by atoms with Gasteiger partial charge < -0.3 is 4.42 Å². The number of amides is 1. The van der Waals surface area contributed by atoms with Crippen LogP contribution in [0.1, 0.15) is 31.3 Å².